The third-order valence-corrected chi connectivity index (χ3v) is 3.03. The second-order valence-corrected chi connectivity index (χ2v) is 6.72. The first-order chi connectivity index (χ1) is 10.5. The van der Waals surface area contributed by atoms with Gasteiger partial charge in [-0.25, -0.2) is 0 Å². The molecule has 0 rings (SSSR count). The molecule has 0 spiro atoms. The van der Waals surface area contributed by atoms with Crippen LogP contribution in [0.5, 0.6) is 0 Å². The Morgan fingerprint density at radius 1 is 1.22 bits per heavy atom. The van der Waals surface area contributed by atoms with Gasteiger partial charge in [0.15, 0.2) is 6.10 Å². The number of carbonyl (C=O) groups excluding carboxylic acids is 2. The molecule has 1 unspecified atom stereocenters. The van der Waals surface area contributed by atoms with Crippen LogP contribution in [0.15, 0.2) is 0 Å². The average Bonchev–Trinajstić information content (AvgIpc) is 2.31. The topological polar surface area (TPSA) is 119 Å². The van der Waals surface area contributed by atoms with Crippen molar-refractivity contribution in [3.8, 4) is 0 Å². The van der Waals surface area contributed by atoms with Crippen LogP contribution in [0.1, 0.15) is 32.6 Å². The third-order valence-electron chi connectivity index (χ3n) is 3.03. The lowest BCUT2D eigenvalue weighted by atomic mass is 10.1. The van der Waals surface area contributed by atoms with E-state index in [4.69, 9.17) is 15.6 Å². The Balaban J connectivity index is 4.67. The van der Waals surface area contributed by atoms with Crippen LogP contribution in [0.4, 0.5) is 0 Å². The molecule has 23 heavy (non-hydrogen) atoms. The molecular weight excluding hydrogens is 302 g/mol. The molecule has 0 aromatic rings. The lowest BCUT2D eigenvalue weighted by molar-refractivity contribution is -0.873. The second kappa shape index (κ2) is 10.2. The maximum atomic E-state index is 12.1. The van der Waals surface area contributed by atoms with E-state index in [1.165, 1.54) is 6.92 Å². The molecule has 0 bridgehead atoms. The molecule has 0 heterocycles. The monoisotopic (exact) mass is 332 g/mol. The predicted molar refractivity (Wildman–Crippen MR) is 85.5 cm³/mol. The Bertz CT molecular complexity index is 406. The van der Waals surface area contributed by atoms with Gasteiger partial charge in [-0.3, -0.25) is 14.4 Å². The van der Waals surface area contributed by atoms with Crippen LogP contribution in [0.3, 0.4) is 0 Å². The van der Waals surface area contributed by atoms with Crippen molar-refractivity contribution in [3.05, 3.63) is 0 Å². The summed E-state index contributed by atoms with van der Waals surface area (Å²) in [7, 11) is 5.68. The van der Waals surface area contributed by atoms with E-state index in [1.54, 1.807) is 0 Å². The number of esters is 1. The molecule has 2 atom stereocenters. The van der Waals surface area contributed by atoms with Crippen LogP contribution in [0, 0.1) is 0 Å². The standard InChI is InChI=1S/C15H29N3O5/c1-11(19)17-12(6-5-7-16)8-15(22)23-13(9-14(20)21)10-18(2,3)4/h12-13H,5-10,16H2,1-4H3,(H-,17,19,20,21)/p+1/t12-,13?/m1/s1. The number of nitrogens with two attached hydrogens (primary N) is 1. The SMILES string of the molecule is CC(=O)N[C@H](CCCN)CC(=O)OC(CC(=O)O)C[N+](C)(C)C. The number of carboxylic acids is 1. The molecule has 8 nitrogen and oxygen atoms in total. The van der Waals surface area contributed by atoms with Crippen LogP contribution in [-0.4, -0.2) is 73.8 Å². The van der Waals surface area contributed by atoms with Gasteiger partial charge in [0, 0.05) is 13.0 Å². The molecule has 4 N–H and O–H groups in total. The fraction of sp³-hybridized carbons (Fsp3) is 0.800. The minimum atomic E-state index is -1.02. The number of carboxylic acid groups (broad SMARTS) is 1. The minimum absolute atomic E-state index is 0.00679. The van der Waals surface area contributed by atoms with Crippen molar-refractivity contribution in [2.45, 2.75) is 44.8 Å². The highest BCUT2D eigenvalue weighted by Gasteiger charge is 2.26. The highest BCUT2D eigenvalue weighted by molar-refractivity contribution is 5.76. The fourth-order valence-corrected chi connectivity index (χ4v) is 2.26. The molecule has 0 fully saturated rings. The van der Waals surface area contributed by atoms with E-state index in [9.17, 15) is 14.4 Å². The lowest BCUT2D eigenvalue weighted by Gasteiger charge is -2.28. The number of likely N-dealkylation sites (N-methyl/N-ethyl adjacent to an activating group) is 1. The number of ether oxygens (including phenoxy) is 1. The molecule has 0 aromatic heterocycles. The molecule has 0 saturated carbocycles. The van der Waals surface area contributed by atoms with Crippen molar-refractivity contribution in [1.29, 1.82) is 0 Å². The Morgan fingerprint density at radius 2 is 1.83 bits per heavy atom. The highest BCUT2D eigenvalue weighted by atomic mass is 16.5. The van der Waals surface area contributed by atoms with E-state index >= 15 is 0 Å². The summed E-state index contributed by atoms with van der Waals surface area (Å²) < 4.78 is 5.79. The Morgan fingerprint density at radius 3 is 2.26 bits per heavy atom. The van der Waals surface area contributed by atoms with Gasteiger partial charge in [-0.15, -0.1) is 0 Å². The van der Waals surface area contributed by atoms with Gasteiger partial charge in [0.25, 0.3) is 0 Å². The molecule has 0 radical (unpaired) electrons. The Hall–Kier alpha value is -1.67. The molecule has 8 heteroatoms. The maximum absolute atomic E-state index is 12.1. The molecule has 0 aliphatic rings. The zero-order valence-corrected chi connectivity index (χ0v) is 14.5. The summed E-state index contributed by atoms with van der Waals surface area (Å²) >= 11 is 0. The molecule has 134 valence electrons. The summed E-state index contributed by atoms with van der Waals surface area (Å²) in [6.07, 6.45) is 0.314. The van der Waals surface area contributed by atoms with E-state index in [-0.39, 0.29) is 24.8 Å². The van der Waals surface area contributed by atoms with Gasteiger partial charge < -0.3 is 25.4 Å². The van der Waals surface area contributed by atoms with Crippen molar-refractivity contribution in [2.75, 3.05) is 34.2 Å². The third kappa shape index (κ3) is 12.5. The number of aliphatic carboxylic acids is 1. The quantitative estimate of drug-likeness (QED) is 0.353. The summed E-state index contributed by atoms with van der Waals surface area (Å²) in [4.78, 5) is 34.2. The first kappa shape index (κ1) is 21.3. The summed E-state index contributed by atoms with van der Waals surface area (Å²) in [5.74, 6) is -1.76. The van der Waals surface area contributed by atoms with E-state index in [0.29, 0.717) is 30.4 Å². The zero-order chi connectivity index (χ0) is 18.0. The van der Waals surface area contributed by atoms with Crippen LogP contribution in [0.25, 0.3) is 0 Å². The number of hydrogen-bond acceptors (Lipinski definition) is 5. The van der Waals surface area contributed by atoms with Crippen molar-refractivity contribution >= 4 is 17.8 Å². The molecule has 0 saturated heterocycles. The van der Waals surface area contributed by atoms with Gasteiger partial charge in [-0.1, -0.05) is 0 Å². The van der Waals surface area contributed by atoms with Gasteiger partial charge in [0.2, 0.25) is 5.91 Å². The Kier molecular flexibility index (Phi) is 9.43. The lowest BCUT2D eigenvalue weighted by Crippen LogP contribution is -2.44. The van der Waals surface area contributed by atoms with E-state index < -0.39 is 18.0 Å². The van der Waals surface area contributed by atoms with Gasteiger partial charge >= 0.3 is 11.9 Å². The first-order valence-electron chi connectivity index (χ1n) is 7.72. The molecule has 0 aromatic carbocycles. The van der Waals surface area contributed by atoms with Gasteiger partial charge in [-0.05, 0) is 19.4 Å². The van der Waals surface area contributed by atoms with Gasteiger partial charge in [0.1, 0.15) is 6.54 Å². The maximum Gasteiger partial charge on any atom is 0.308 e. The summed E-state index contributed by atoms with van der Waals surface area (Å²) in [6.45, 7) is 2.24. The Labute approximate surface area is 137 Å². The van der Waals surface area contributed by atoms with Gasteiger partial charge in [-0.2, -0.15) is 0 Å². The summed E-state index contributed by atoms with van der Waals surface area (Å²) in [5, 5.41) is 11.6. The first-order valence-corrected chi connectivity index (χ1v) is 7.72. The normalized spacial score (nSPS) is 14.0. The van der Waals surface area contributed by atoms with Crippen LogP contribution >= 0.6 is 0 Å². The predicted octanol–water partition coefficient (Wildman–Crippen LogP) is -0.287. The van der Waals surface area contributed by atoms with Crippen molar-refractivity contribution in [1.82, 2.24) is 5.32 Å². The molecular formula is C15H30N3O5+. The number of nitrogens with one attached hydrogen (secondary N) is 1. The van der Waals surface area contributed by atoms with E-state index in [0.717, 1.165) is 0 Å². The van der Waals surface area contributed by atoms with Crippen molar-refractivity contribution < 1.29 is 28.7 Å². The smallest absolute Gasteiger partial charge is 0.308 e. The number of hydrogen-bond donors (Lipinski definition) is 3. The van der Waals surface area contributed by atoms with E-state index in [1.807, 2.05) is 21.1 Å². The highest BCUT2D eigenvalue weighted by Crippen LogP contribution is 2.09. The number of amides is 1. The number of carbonyl (C=O) groups is 3. The van der Waals surface area contributed by atoms with Crippen molar-refractivity contribution in [2.24, 2.45) is 5.73 Å². The minimum Gasteiger partial charge on any atom is -0.481 e. The zero-order valence-electron chi connectivity index (χ0n) is 14.5. The molecule has 0 aliphatic carbocycles. The number of nitrogens with zero attached hydrogens (tertiary/aromatic N) is 1. The van der Waals surface area contributed by atoms with Gasteiger partial charge in [0.05, 0.1) is 34.0 Å². The van der Waals surface area contributed by atoms with Crippen LogP contribution in [-0.2, 0) is 19.1 Å². The fourth-order valence-electron chi connectivity index (χ4n) is 2.26. The molecule has 0 aliphatic heterocycles. The second-order valence-electron chi connectivity index (χ2n) is 6.72. The number of quaternary nitrogens is 1. The summed E-state index contributed by atoms with van der Waals surface area (Å²) in [6, 6.07) is -0.349. The van der Waals surface area contributed by atoms with E-state index in [2.05, 4.69) is 5.32 Å². The summed E-state index contributed by atoms with van der Waals surface area (Å²) in [5.41, 5.74) is 5.45. The largest absolute Gasteiger partial charge is 0.481 e. The molecule has 1 amide bonds. The average molecular weight is 332 g/mol. The van der Waals surface area contributed by atoms with Crippen LogP contribution < -0.4 is 11.1 Å². The number of rotatable bonds is 11. The van der Waals surface area contributed by atoms with Crippen molar-refractivity contribution in [3.63, 3.8) is 0 Å². The van der Waals surface area contributed by atoms with Crippen LogP contribution in [0.2, 0.25) is 0 Å².